The molecule has 2 aromatic carbocycles. The summed E-state index contributed by atoms with van der Waals surface area (Å²) >= 11 is 6.02. The monoisotopic (exact) mass is 325 g/mol. The van der Waals surface area contributed by atoms with Crippen LogP contribution < -0.4 is 4.90 Å². The van der Waals surface area contributed by atoms with Crippen molar-refractivity contribution >= 4 is 17.3 Å². The summed E-state index contributed by atoms with van der Waals surface area (Å²) in [7, 11) is 0. The summed E-state index contributed by atoms with van der Waals surface area (Å²) in [4.78, 5) is 2.30. The summed E-state index contributed by atoms with van der Waals surface area (Å²) in [6, 6.07) is 16.0. The second-order valence-electron chi connectivity index (χ2n) is 5.67. The third-order valence-corrected chi connectivity index (χ3v) is 4.31. The van der Waals surface area contributed by atoms with Crippen molar-refractivity contribution in [2.24, 2.45) is 0 Å². The maximum absolute atomic E-state index is 6.02. The number of aryl methyl sites for hydroxylation is 1. The van der Waals surface area contributed by atoms with Crippen LogP contribution in [0.1, 0.15) is 17.9 Å². The fraction of sp³-hybridized carbons (Fsp3) is 0.222. The summed E-state index contributed by atoms with van der Waals surface area (Å²) in [6.07, 6.45) is 2.27. The first kappa shape index (κ1) is 14.3. The summed E-state index contributed by atoms with van der Waals surface area (Å²) in [5.41, 5.74) is 3.49. The molecule has 0 unspecified atom stereocenters. The number of benzene rings is 2. The maximum atomic E-state index is 6.02. The van der Waals surface area contributed by atoms with E-state index in [0.717, 1.165) is 24.9 Å². The molecule has 0 fully saturated rings. The molecule has 1 aliphatic rings. The van der Waals surface area contributed by atoms with Gasteiger partial charge in [0.1, 0.15) is 0 Å². The number of fused-ring (bicyclic) bond motifs is 1. The maximum Gasteiger partial charge on any atom is 0.247 e. The molecule has 3 aromatic rings. The second-order valence-corrected chi connectivity index (χ2v) is 6.10. The first-order chi connectivity index (χ1) is 11.3. The summed E-state index contributed by atoms with van der Waals surface area (Å²) in [5, 5.41) is 8.99. The molecule has 5 heteroatoms. The van der Waals surface area contributed by atoms with Gasteiger partial charge < -0.3 is 9.32 Å². The summed E-state index contributed by atoms with van der Waals surface area (Å²) < 4.78 is 5.82. The second kappa shape index (κ2) is 6.05. The van der Waals surface area contributed by atoms with Crippen LogP contribution in [0.2, 0.25) is 5.02 Å². The predicted molar refractivity (Wildman–Crippen MR) is 90.6 cm³/mol. The zero-order valence-electron chi connectivity index (χ0n) is 12.6. The smallest absolute Gasteiger partial charge is 0.247 e. The van der Waals surface area contributed by atoms with Gasteiger partial charge in [-0.25, -0.2) is 0 Å². The lowest BCUT2D eigenvalue weighted by molar-refractivity contribution is 0.493. The Balaban J connectivity index is 1.57. The average molecular weight is 326 g/mol. The Hall–Kier alpha value is -2.33. The molecular formula is C18H16ClN3O. The Kier molecular flexibility index (Phi) is 3.75. The Bertz CT molecular complexity index is 830. The molecule has 2 heterocycles. The van der Waals surface area contributed by atoms with E-state index in [1.807, 2.05) is 24.3 Å². The lowest BCUT2D eigenvalue weighted by Crippen LogP contribution is -2.28. The lowest BCUT2D eigenvalue weighted by atomic mass is 10.0. The molecule has 23 heavy (non-hydrogen) atoms. The number of nitrogens with zero attached hydrogens (tertiary/aromatic N) is 3. The van der Waals surface area contributed by atoms with Gasteiger partial charge in [-0.3, -0.25) is 0 Å². The minimum Gasteiger partial charge on any atom is -0.419 e. The average Bonchev–Trinajstić information content (AvgIpc) is 3.04. The highest BCUT2D eigenvalue weighted by Crippen LogP contribution is 2.28. The van der Waals surface area contributed by atoms with Crippen LogP contribution in [-0.2, 0) is 13.0 Å². The van der Waals surface area contributed by atoms with E-state index in [-0.39, 0.29) is 0 Å². The molecule has 0 N–H and O–H groups in total. The highest BCUT2D eigenvalue weighted by molar-refractivity contribution is 6.30. The predicted octanol–water partition coefficient (Wildman–Crippen LogP) is 4.34. The molecule has 0 saturated heterocycles. The van der Waals surface area contributed by atoms with Crippen LogP contribution in [0.25, 0.3) is 11.5 Å². The van der Waals surface area contributed by atoms with Crippen LogP contribution in [0.15, 0.2) is 52.9 Å². The number of rotatable bonds is 3. The topological polar surface area (TPSA) is 42.2 Å². The first-order valence-corrected chi connectivity index (χ1v) is 8.08. The van der Waals surface area contributed by atoms with Gasteiger partial charge in [-0.2, -0.15) is 0 Å². The van der Waals surface area contributed by atoms with E-state index in [1.165, 1.54) is 11.3 Å². The Morgan fingerprint density at radius 3 is 2.91 bits per heavy atom. The van der Waals surface area contributed by atoms with E-state index in [1.54, 1.807) is 0 Å². The van der Waals surface area contributed by atoms with Gasteiger partial charge >= 0.3 is 0 Å². The highest BCUT2D eigenvalue weighted by atomic mass is 35.5. The van der Waals surface area contributed by atoms with E-state index in [9.17, 15) is 0 Å². The molecule has 4 rings (SSSR count). The van der Waals surface area contributed by atoms with Crippen LogP contribution in [0.4, 0.5) is 5.69 Å². The highest BCUT2D eigenvalue weighted by Gasteiger charge is 2.19. The summed E-state index contributed by atoms with van der Waals surface area (Å²) in [6.45, 7) is 1.64. The molecule has 0 bridgehead atoms. The standard InChI is InChI=1S/C18H16ClN3O/c19-15-8-3-6-14(11-15)18-21-20-17(23-18)12-22-10-4-7-13-5-1-2-9-16(13)22/h1-3,5-6,8-9,11H,4,7,10,12H2. The molecule has 0 atom stereocenters. The number of anilines is 1. The minimum absolute atomic E-state index is 0.507. The number of hydrogen-bond donors (Lipinski definition) is 0. The molecule has 116 valence electrons. The van der Waals surface area contributed by atoms with E-state index >= 15 is 0 Å². The van der Waals surface area contributed by atoms with Crippen molar-refractivity contribution in [3.63, 3.8) is 0 Å². The van der Waals surface area contributed by atoms with Gasteiger partial charge in [0.25, 0.3) is 0 Å². The third-order valence-electron chi connectivity index (χ3n) is 4.07. The van der Waals surface area contributed by atoms with Crippen LogP contribution in [-0.4, -0.2) is 16.7 Å². The van der Waals surface area contributed by atoms with Gasteiger partial charge in [0, 0.05) is 22.8 Å². The van der Waals surface area contributed by atoms with Crippen molar-refractivity contribution in [2.75, 3.05) is 11.4 Å². The normalized spacial score (nSPS) is 13.9. The number of para-hydroxylation sites is 1. The molecule has 1 aromatic heterocycles. The molecular weight excluding hydrogens is 310 g/mol. The number of aromatic nitrogens is 2. The molecule has 0 spiro atoms. The minimum atomic E-state index is 0.507. The Morgan fingerprint density at radius 2 is 2.00 bits per heavy atom. The Morgan fingerprint density at radius 1 is 1.09 bits per heavy atom. The van der Waals surface area contributed by atoms with Gasteiger partial charge in [-0.15, -0.1) is 10.2 Å². The van der Waals surface area contributed by atoms with E-state index in [4.69, 9.17) is 16.0 Å². The fourth-order valence-corrected chi connectivity index (χ4v) is 3.19. The molecule has 0 aliphatic carbocycles. The van der Waals surface area contributed by atoms with E-state index in [0.29, 0.717) is 23.3 Å². The van der Waals surface area contributed by atoms with Crippen molar-refractivity contribution in [1.29, 1.82) is 0 Å². The molecule has 0 amide bonds. The van der Waals surface area contributed by atoms with Crippen molar-refractivity contribution in [3.8, 4) is 11.5 Å². The molecule has 4 nitrogen and oxygen atoms in total. The fourth-order valence-electron chi connectivity index (χ4n) is 2.99. The molecule has 0 radical (unpaired) electrons. The lowest BCUT2D eigenvalue weighted by Gasteiger charge is -2.29. The van der Waals surface area contributed by atoms with Crippen LogP contribution >= 0.6 is 11.6 Å². The van der Waals surface area contributed by atoms with Crippen LogP contribution in [0.5, 0.6) is 0 Å². The van der Waals surface area contributed by atoms with Gasteiger partial charge in [-0.1, -0.05) is 35.9 Å². The third kappa shape index (κ3) is 2.94. The van der Waals surface area contributed by atoms with Crippen molar-refractivity contribution in [1.82, 2.24) is 10.2 Å². The summed E-state index contributed by atoms with van der Waals surface area (Å²) in [5.74, 6) is 1.13. The zero-order valence-corrected chi connectivity index (χ0v) is 13.3. The first-order valence-electron chi connectivity index (χ1n) is 7.71. The zero-order chi connectivity index (χ0) is 15.6. The largest absolute Gasteiger partial charge is 0.419 e. The van der Waals surface area contributed by atoms with Crippen molar-refractivity contribution in [3.05, 3.63) is 65.0 Å². The number of hydrogen-bond acceptors (Lipinski definition) is 4. The van der Waals surface area contributed by atoms with Gasteiger partial charge in [0.05, 0.1) is 6.54 Å². The molecule has 0 saturated carbocycles. The van der Waals surface area contributed by atoms with E-state index in [2.05, 4.69) is 39.4 Å². The number of halogens is 1. The van der Waals surface area contributed by atoms with Crippen LogP contribution in [0, 0.1) is 0 Å². The van der Waals surface area contributed by atoms with E-state index < -0.39 is 0 Å². The van der Waals surface area contributed by atoms with Gasteiger partial charge in [0.2, 0.25) is 11.8 Å². The Labute approximate surface area is 139 Å². The quantitative estimate of drug-likeness (QED) is 0.718. The SMILES string of the molecule is Clc1cccc(-c2nnc(CN3CCCc4ccccc43)o2)c1. The van der Waals surface area contributed by atoms with Crippen molar-refractivity contribution in [2.45, 2.75) is 19.4 Å². The van der Waals surface area contributed by atoms with Gasteiger partial charge in [0.15, 0.2) is 0 Å². The van der Waals surface area contributed by atoms with Gasteiger partial charge in [-0.05, 0) is 42.7 Å². The van der Waals surface area contributed by atoms with Crippen LogP contribution in [0.3, 0.4) is 0 Å². The van der Waals surface area contributed by atoms with Crippen molar-refractivity contribution < 1.29 is 4.42 Å². The molecule has 1 aliphatic heterocycles.